The van der Waals surface area contributed by atoms with Crippen LogP contribution in [0.1, 0.15) is 13.3 Å². The molecule has 0 saturated carbocycles. The van der Waals surface area contributed by atoms with Gasteiger partial charge in [0, 0.05) is 32.8 Å². The quantitative estimate of drug-likeness (QED) is 0.632. The van der Waals surface area contributed by atoms with Crippen LogP contribution in [0.5, 0.6) is 0 Å². The van der Waals surface area contributed by atoms with Gasteiger partial charge in [-0.1, -0.05) is 0 Å². The summed E-state index contributed by atoms with van der Waals surface area (Å²) in [7, 11) is 1.63. The monoisotopic (exact) mass is 273 g/mol. The van der Waals surface area contributed by atoms with Gasteiger partial charge in [-0.05, 0) is 26.4 Å². The van der Waals surface area contributed by atoms with Gasteiger partial charge in [-0.3, -0.25) is 14.6 Å². The fraction of sp³-hybridized carbons (Fsp3) is 0.923. The lowest BCUT2D eigenvalue weighted by Crippen LogP contribution is -2.43. The number of β-amino-alcohol motifs (C(OH)–C–C–N with tert-alkyl or cyclic N) is 1. The van der Waals surface area contributed by atoms with E-state index in [-0.39, 0.29) is 18.6 Å². The number of rotatable bonds is 7. The number of nitrogens with one attached hydrogen (secondary N) is 1. The normalized spacial score (nSPS) is 19.9. The number of aliphatic hydroxyl groups is 1. The number of nitrogens with zero attached hydrogens (tertiary/aromatic N) is 2. The SMILES string of the molecule is COCC(C)NC(=O)CN1CCCN(CCO)CC1. The first-order valence-electron chi connectivity index (χ1n) is 6.99. The van der Waals surface area contributed by atoms with Gasteiger partial charge in [-0.15, -0.1) is 0 Å². The molecular weight excluding hydrogens is 246 g/mol. The highest BCUT2D eigenvalue weighted by Gasteiger charge is 2.17. The largest absolute Gasteiger partial charge is 0.395 e. The second-order valence-electron chi connectivity index (χ2n) is 5.12. The molecule has 1 amide bonds. The molecule has 112 valence electrons. The topological polar surface area (TPSA) is 65.0 Å². The van der Waals surface area contributed by atoms with Gasteiger partial charge < -0.3 is 15.2 Å². The molecule has 6 heteroatoms. The van der Waals surface area contributed by atoms with Crippen molar-refractivity contribution >= 4 is 5.91 Å². The summed E-state index contributed by atoms with van der Waals surface area (Å²) < 4.78 is 5.00. The van der Waals surface area contributed by atoms with E-state index in [9.17, 15) is 4.79 Å². The number of hydrogen-bond acceptors (Lipinski definition) is 5. The molecule has 1 saturated heterocycles. The van der Waals surface area contributed by atoms with Gasteiger partial charge in [-0.2, -0.15) is 0 Å². The average molecular weight is 273 g/mol. The van der Waals surface area contributed by atoms with Crippen molar-refractivity contribution in [2.45, 2.75) is 19.4 Å². The zero-order chi connectivity index (χ0) is 14.1. The van der Waals surface area contributed by atoms with Crippen LogP contribution in [0.3, 0.4) is 0 Å². The highest BCUT2D eigenvalue weighted by Crippen LogP contribution is 2.02. The van der Waals surface area contributed by atoms with E-state index in [4.69, 9.17) is 9.84 Å². The third kappa shape index (κ3) is 6.87. The maximum Gasteiger partial charge on any atom is 0.234 e. The second kappa shape index (κ2) is 9.25. The van der Waals surface area contributed by atoms with E-state index in [0.717, 1.165) is 39.1 Å². The minimum absolute atomic E-state index is 0.0513. The lowest BCUT2D eigenvalue weighted by Gasteiger charge is -2.21. The second-order valence-corrected chi connectivity index (χ2v) is 5.12. The van der Waals surface area contributed by atoms with E-state index in [1.54, 1.807) is 7.11 Å². The van der Waals surface area contributed by atoms with Crippen LogP contribution in [0.4, 0.5) is 0 Å². The molecule has 0 spiro atoms. The Kier molecular flexibility index (Phi) is 7.97. The Morgan fingerprint density at radius 2 is 2.00 bits per heavy atom. The number of carbonyl (C=O) groups excluding carboxylic acids is 1. The molecule has 1 fully saturated rings. The zero-order valence-electron chi connectivity index (χ0n) is 12.1. The van der Waals surface area contributed by atoms with Crippen molar-refractivity contribution in [3.05, 3.63) is 0 Å². The van der Waals surface area contributed by atoms with Crippen molar-refractivity contribution in [1.82, 2.24) is 15.1 Å². The lowest BCUT2D eigenvalue weighted by molar-refractivity contribution is -0.123. The molecule has 0 aromatic carbocycles. The van der Waals surface area contributed by atoms with Crippen LogP contribution in [0, 0.1) is 0 Å². The van der Waals surface area contributed by atoms with E-state index in [1.807, 2.05) is 6.92 Å². The minimum Gasteiger partial charge on any atom is -0.395 e. The molecule has 0 radical (unpaired) electrons. The van der Waals surface area contributed by atoms with Gasteiger partial charge >= 0.3 is 0 Å². The van der Waals surface area contributed by atoms with Crippen LogP contribution >= 0.6 is 0 Å². The highest BCUT2D eigenvalue weighted by atomic mass is 16.5. The van der Waals surface area contributed by atoms with Crippen molar-refractivity contribution < 1.29 is 14.6 Å². The smallest absolute Gasteiger partial charge is 0.234 e. The minimum atomic E-state index is 0.0513. The van der Waals surface area contributed by atoms with Crippen molar-refractivity contribution in [2.24, 2.45) is 0 Å². The Bertz CT molecular complexity index is 264. The van der Waals surface area contributed by atoms with E-state index in [2.05, 4.69) is 15.1 Å². The maximum atomic E-state index is 11.9. The van der Waals surface area contributed by atoms with Crippen molar-refractivity contribution in [3.63, 3.8) is 0 Å². The van der Waals surface area contributed by atoms with Gasteiger partial charge in [-0.25, -0.2) is 0 Å². The molecule has 1 atom stereocenters. The molecule has 1 aliphatic heterocycles. The van der Waals surface area contributed by atoms with Crippen molar-refractivity contribution in [1.29, 1.82) is 0 Å². The molecule has 1 heterocycles. The Morgan fingerprint density at radius 1 is 1.32 bits per heavy atom. The zero-order valence-corrected chi connectivity index (χ0v) is 12.1. The van der Waals surface area contributed by atoms with Crippen LogP contribution in [0.15, 0.2) is 0 Å². The Hall–Kier alpha value is -0.690. The molecule has 1 rings (SSSR count). The first-order valence-corrected chi connectivity index (χ1v) is 6.99. The number of carbonyl (C=O) groups is 1. The molecular formula is C13H27N3O3. The van der Waals surface area contributed by atoms with Gasteiger partial charge in [0.2, 0.25) is 5.91 Å². The average Bonchev–Trinajstić information content (AvgIpc) is 2.55. The summed E-state index contributed by atoms with van der Waals surface area (Å²) in [6, 6.07) is 0.0513. The molecule has 1 aliphatic rings. The Morgan fingerprint density at radius 3 is 2.68 bits per heavy atom. The van der Waals surface area contributed by atoms with Gasteiger partial charge in [0.15, 0.2) is 0 Å². The summed E-state index contributed by atoms with van der Waals surface area (Å²) in [5.74, 6) is 0.0557. The molecule has 1 unspecified atom stereocenters. The van der Waals surface area contributed by atoms with Crippen molar-refractivity contribution in [2.75, 3.05) is 59.6 Å². The van der Waals surface area contributed by atoms with Gasteiger partial charge in [0.1, 0.15) is 0 Å². The summed E-state index contributed by atoms with van der Waals surface area (Å²) in [5.41, 5.74) is 0. The maximum absolute atomic E-state index is 11.9. The van der Waals surface area contributed by atoms with Crippen LogP contribution in [-0.4, -0.2) is 86.4 Å². The number of amides is 1. The third-order valence-corrected chi connectivity index (χ3v) is 3.29. The third-order valence-electron chi connectivity index (χ3n) is 3.29. The molecule has 19 heavy (non-hydrogen) atoms. The first kappa shape index (κ1) is 16.4. The lowest BCUT2D eigenvalue weighted by atomic mass is 10.3. The predicted molar refractivity (Wildman–Crippen MR) is 74.1 cm³/mol. The van der Waals surface area contributed by atoms with Crippen molar-refractivity contribution in [3.8, 4) is 0 Å². The van der Waals surface area contributed by atoms with Crippen LogP contribution in [0.25, 0.3) is 0 Å². The summed E-state index contributed by atoms with van der Waals surface area (Å²) in [6.45, 7) is 7.59. The Balaban J connectivity index is 2.26. The number of hydrogen-bond donors (Lipinski definition) is 2. The van der Waals surface area contributed by atoms with Gasteiger partial charge in [0.05, 0.1) is 19.8 Å². The predicted octanol–water partition coefficient (Wildman–Crippen LogP) is -0.862. The summed E-state index contributed by atoms with van der Waals surface area (Å²) in [6.07, 6.45) is 1.04. The van der Waals surface area contributed by atoms with E-state index in [0.29, 0.717) is 13.2 Å². The number of ether oxygens (including phenoxy) is 1. The Labute approximate surface area is 115 Å². The summed E-state index contributed by atoms with van der Waals surface area (Å²) in [4.78, 5) is 16.3. The molecule has 0 aromatic rings. The highest BCUT2D eigenvalue weighted by molar-refractivity contribution is 5.78. The molecule has 2 N–H and O–H groups in total. The molecule has 0 aromatic heterocycles. The fourth-order valence-electron chi connectivity index (χ4n) is 2.36. The standard InChI is InChI=1S/C13H27N3O3/c1-12(11-19-2)14-13(18)10-16-5-3-4-15(6-7-16)8-9-17/h12,17H,3-11H2,1-2H3,(H,14,18). The van der Waals surface area contributed by atoms with Gasteiger partial charge in [0.25, 0.3) is 0 Å². The van der Waals surface area contributed by atoms with E-state index in [1.165, 1.54) is 0 Å². The number of methoxy groups -OCH3 is 1. The molecule has 0 aliphatic carbocycles. The van der Waals surface area contributed by atoms with Crippen LogP contribution < -0.4 is 5.32 Å². The number of aliphatic hydroxyl groups excluding tert-OH is 1. The van der Waals surface area contributed by atoms with Crippen LogP contribution in [-0.2, 0) is 9.53 Å². The molecule has 0 bridgehead atoms. The first-order chi connectivity index (χ1) is 9.15. The van der Waals surface area contributed by atoms with Crippen LogP contribution in [0.2, 0.25) is 0 Å². The molecule has 6 nitrogen and oxygen atoms in total. The van der Waals surface area contributed by atoms with E-state index < -0.39 is 0 Å². The van der Waals surface area contributed by atoms with E-state index >= 15 is 0 Å². The summed E-state index contributed by atoms with van der Waals surface area (Å²) in [5, 5.41) is 11.9. The fourth-order valence-corrected chi connectivity index (χ4v) is 2.36. The summed E-state index contributed by atoms with van der Waals surface area (Å²) >= 11 is 0.